The number of morpholine rings is 1. The van der Waals surface area contributed by atoms with Crippen LogP contribution < -0.4 is 18.9 Å². The van der Waals surface area contributed by atoms with Gasteiger partial charge in [0.1, 0.15) is 0 Å². The van der Waals surface area contributed by atoms with E-state index in [0.717, 1.165) is 21.5 Å². The first kappa shape index (κ1) is 20.1. The maximum absolute atomic E-state index is 13.4. The van der Waals surface area contributed by atoms with Crippen molar-refractivity contribution in [1.82, 2.24) is 4.90 Å². The van der Waals surface area contributed by atoms with Crippen LogP contribution in [0.1, 0.15) is 10.4 Å². The number of carbonyl (C=O) groups excluding carboxylic acids is 1. The molecule has 0 saturated carbocycles. The third-order valence-electron chi connectivity index (χ3n) is 5.49. The van der Waals surface area contributed by atoms with Crippen LogP contribution in [0.4, 0.5) is 0 Å². The quantitative estimate of drug-likeness (QED) is 0.599. The molecule has 0 spiro atoms. The standard InChI is InChI=1S/C23H25NO6/c1-26-19-10-14-9-18(23(25)24-5-7-30-8-6-24)17-13-22(29-4)21(28-3)12-16(17)15(14)11-20(19)27-2/h9-13H,5-8H2,1-4H3. The number of ether oxygens (including phenoxy) is 5. The van der Waals surface area contributed by atoms with Crippen molar-refractivity contribution in [2.75, 3.05) is 54.7 Å². The highest BCUT2D eigenvalue weighted by Crippen LogP contribution is 2.41. The molecule has 1 heterocycles. The van der Waals surface area contributed by atoms with Gasteiger partial charge in [0.25, 0.3) is 5.91 Å². The molecule has 0 radical (unpaired) electrons. The van der Waals surface area contributed by atoms with E-state index in [1.807, 2.05) is 35.2 Å². The molecule has 3 aromatic rings. The van der Waals surface area contributed by atoms with Crippen molar-refractivity contribution < 1.29 is 28.5 Å². The normalized spacial score (nSPS) is 14.1. The second kappa shape index (κ2) is 8.28. The summed E-state index contributed by atoms with van der Waals surface area (Å²) < 4.78 is 27.4. The van der Waals surface area contributed by atoms with Gasteiger partial charge in [0.2, 0.25) is 0 Å². The second-order valence-corrected chi connectivity index (χ2v) is 7.01. The lowest BCUT2D eigenvalue weighted by Gasteiger charge is -2.27. The van der Waals surface area contributed by atoms with E-state index in [1.165, 1.54) is 0 Å². The summed E-state index contributed by atoms with van der Waals surface area (Å²) in [5.74, 6) is 2.35. The maximum Gasteiger partial charge on any atom is 0.254 e. The number of hydrogen-bond donors (Lipinski definition) is 0. The topological polar surface area (TPSA) is 66.5 Å². The largest absolute Gasteiger partial charge is 0.493 e. The van der Waals surface area contributed by atoms with E-state index in [1.54, 1.807) is 28.4 Å². The molecule has 1 fully saturated rings. The van der Waals surface area contributed by atoms with Gasteiger partial charge in [0, 0.05) is 18.7 Å². The highest BCUT2D eigenvalue weighted by molar-refractivity contribution is 6.18. The minimum absolute atomic E-state index is 0.0350. The molecule has 0 aliphatic carbocycles. The van der Waals surface area contributed by atoms with Crippen LogP contribution in [0, 0.1) is 0 Å². The zero-order chi connectivity index (χ0) is 21.3. The van der Waals surface area contributed by atoms with Gasteiger partial charge in [-0.1, -0.05) is 0 Å². The third kappa shape index (κ3) is 3.35. The number of carbonyl (C=O) groups is 1. The molecular weight excluding hydrogens is 386 g/mol. The molecule has 1 saturated heterocycles. The van der Waals surface area contributed by atoms with Gasteiger partial charge in [-0.05, 0) is 51.9 Å². The molecule has 0 aromatic heterocycles. The van der Waals surface area contributed by atoms with Crippen LogP contribution in [0.15, 0.2) is 30.3 Å². The van der Waals surface area contributed by atoms with Gasteiger partial charge in [-0.3, -0.25) is 4.79 Å². The van der Waals surface area contributed by atoms with Gasteiger partial charge in [-0.25, -0.2) is 0 Å². The predicted molar refractivity (Wildman–Crippen MR) is 114 cm³/mol. The highest BCUT2D eigenvalue weighted by Gasteiger charge is 2.23. The Labute approximate surface area is 175 Å². The summed E-state index contributed by atoms with van der Waals surface area (Å²) in [5, 5.41) is 3.48. The van der Waals surface area contributed by atoms with Crippen LogP contribution in [-0.4, -0.2) is 65.5 Å². The first-order valence-corrected chi connectivity index (χ1v) is 9.72. The minimum atomic E-state index is -0.0350. The van der Waals surface area contributed by atoms with E-state index in [0.29, 0.717) is 54.9 Å². The van der Waals surface area contributed by atoms with Gasteiger partial charge in [-0.15, -0.1) is 0 Å². The van der Waals surface area contributed by atoms with E-state index in [-0.39, 0.29) is 5.91 Å². The number of nitrogens with zero attached hydrogens (tertiary/aromatic N) is 1. The zero-order valence-electron chi connectivity index (χ0n) is 17.6. The van der Waals surface area contributed by atoms with E-state index in [2.05, 4.69) is 0 Å². The molecule has 30 heavy (non-hydrogen) atoms. The maximum atomic E-state index is 13.4. The lowest BCUT2D eigenvalue weighted by molar-refractivity contribution is 0.0304. The fourth-order valence-corrected chi connectivity index (χ4v) is 3.92. The summed E-state index contributed by atoms with van der Waals surface area (Å²) >= 11 is 0. The molecule has 0 atom stereocenters. The van der Waals surface area contributed by atoms with Crippen molar-refractivity contribution in [1.29, 1.82) is 0 Å². The first-order chi connectivity index (χ1) is 14.6. The lowest BCUT2D eigenvalue weighted by Crippen LogP contribution is -2.40. The molecule has 158 valence electrons. The smallest absolute Gasteiger partial charge is 0.254 e. The van der Waals surface area contributed by atoms with E-state index < -0.39 is 0 Å². The van der Waals surface area contributed by atoms with E-state index in [9.17, 15) is 4.79 Å². The Balaban J connectivity index is 2.04. The molecule has 1 aliphatic rings. The molecule has 3 aromatic carbocycles. The average Bonchev–Trinajstić information content (AvgIpc) is 2.81. The van der Waals surface area contributed by atoms with Crippen molar-refractivity contribution >= 4 is 27.5 Å². The summed E-state index contributed by atoms with van der Waals surface area (Å²) in [7, 11) is 6.38. The minimum Gasteiger partial charge on any atom is -0.493 e. The van der Waals surface area contributed by atoms with Gasteiger partial charge in [0.15, 0.2) is 23.0 Å². The SMILES string of the molecule is COc1cc2cc(C(=O)N3CCOCC3)c3cc(OC)c(OC)cc3c2cc1OC. The summed E-state index contributed by atoms with van der Waals surface area (Å²) in [5.41, 5.74) is 0.604. The second-order valence-electron chi connectivity index (χ2n) is 7.01. The molecular formula is C23H25NO6. The highest BCUT2D eigenvalue weighted by atomic mass is 16.5. The number of fused-ring (bicyclic) bond motifs is 3. The number of benzene rings is 3. The lowest BCUT2D eigenvalue weighted by atomic mass is 9.95. The Morgan fingerprint density at radius 1 is 0.733 bits per heavy atom. The summed E-state index contributed by atoms with van der Waals surface area (Å²) in [6.07, 6.45) is 0. The van der Waals surface area contributed by atoms with Crippen LogP contribution in [0.5, 0.6) is 23.0 Å². The van der Waals surface area contributed by atoms with Crippen molar-refractivity contribution in [3.8, 4) is 23.0 Å². The van der Waals surface area contributed by atoms with Crippen LogP contribution in [-0.2, 0) is 4.74 Å². The van der Waals surface area contributed by atoms with Crippen LogP contribution in [0.2, 0.25) is 0 Å². The molecule has 1 aliphatic heterocycles. The van der Waals surface area contributed by atoms with Crippen molar-refractivity contribution in [3.63, 3.8) is 0 Å². The van der Waals surface area contributed by atoms with Crippen molar-refractivity contribution in [2.24, 2.45) is 0 Å². The molecule has 4 rings (SSSR count). The van der Waals surface area contributed by atoms with Gasteiger partial charge in [0.05, 0.1) is 41.7 Å². The van der Waals surface area contributed by atoms with Gasteiger partial charge >= 0.3 is 0 Å². The summed E-state index contributed by atoms with van der Waals surface area (Å²) in [6, 6.07) is 9.48. The molecule has 0 unspecified atom stereocenters. The Kier molecular flexibility index (Phi) is 5.55. The molecule has 7 nitrogen and oxygen atoms in total. The van der Waals surface area contributed by atoms with E-state index >= 15 is 0 Å². The molecule has 7 heteroatoms. The average molecular weight is 411 g/mol. The molecule has 0 N–H and O–H groups in total. The monoisotopic (exact) mass is 411 g/mol. The number of methoxy groups -OCH3 is 4. The van der Waals surface area contributed by atoms with Crippen molar-refractivity contribution in [2.45, 2.75) is 0 Å². The number of rotatable bonds is 5. The van der Waals surface area contributed by atoms with Crippen LogP contribution in [0.3, 0.4) is 0 Å². The first-order valence-electron chi connectivity index (χ1n) is 9.72. The Hall–Kier alpha value is -3.19. The predicted octanol–water partition coefficient (Wildman–Crippen LogP) is 3.50. The summed E-state index contributed by atoms with van der Waals surface area (Å²) in [4.78, 5) is 15.3. The molecule has 0 bridgehead atoms. The van der Waals surface area contributed by atoms with Gasteiger partial charge in [-0.2, -0.15) is 0 Å². The van der Waals surface area contributed by atoms with Crippen LogP contribution in [0.25, 0.3) is 21.5 Å². The van der Waals surface area contributed by atoms with Crippen molar-refractivity contribution in [3.05, 3.63) is 35.9 Å². The van der Waals surface area contributed by atoms with E-state index in [4.69, 9.17) is 23.7 Å². The Morgan fingerprint density at radius 2 is 1.23 bits per heavy atom. The molecule has 1 amide bonds. The third-order valence-corrected chi connectivity index (χ3v) is 5.49. The number of amides is 1. The zero-order valence-corrected chi connectivity index (χ0v) is 17.6. The fraction of sp³-hybridized carbons (Fsp3) is 0.348. The fourth-order valence-electron chi connectivity index (χ4n) is 3.92. The Morgan fingerprint density at radius 3 is 1.80 bits per heavy atom. The van der Waals surface area contributed by atoms with Gasteiger partial charge < -0.3 is 28.6 Å². The summed E-state index contributed by atoms with van der Waals surface area (Å²) in [6.45, 7) is 2.22. The van der Waals surface area contributed by atoms with Crippen LogP contribution >= 0.6 is 0 Å². The number of hydrogen-bond acceptors (Lipinski definition) is 6. The Bertz CT molecular complexity index is 1100.